The molecule has 148 valence electrons. The van der Waals surface area contributed by atoms with Gasteiger partial charge in [-0.1, -0.05) is 0 Å². The predicted molar refractivity (Wildman–Crippen MR) is 116 cm³/mol. The van der Waals surface area contributed by atoms with Crippen molar-refractivity contribution in [3.05, 3.63) is 17.5 Å². The predicted octanol–water partition coefficient (Wildman–Crippen LogP) is 1.43. The van der Waals surface area contributed by atoms with Crippen LogP contribution in [-0.2, 0) is 17.6 Å². The summed E-state index contributed by atoms with van der Waals surface area (Å²) in [5, 5.41) is 11.7. The van der Waals surface area contributed by atoms with Crippen molar-refractivity contribution < 1.29 is 4.74 Å². The van der Waals surface area contributed by atoms with Gasteiger partial charge >= 0.3 is 0 Å². The standard InChI is InChI=1S/C18H32N6O.HI/c1-13(2)24-11-14-5-6-15(9-17(14)22-24)21-18(19-3)20-10-16-12-23(4)7-8-25-16;/h11,13,15-16H,5-10,12H2,1-4H3,(H2,19,20,21);1H. The molecule has 2 N–H and O–H groups in total. The van der Waals surface area contributed by atoms with Gasteiger partial charge < -0.3 is 20.3 Å². The van der Waals surface area contributed by atoms with Crippen LogP contribution in [0.4, 0.5) is 0 Å². The lowest BCUT2D eigenvalue weighted by atomic mass is 9.94. The highest BCUT2D eigenvalue weighted by atomic mass is 127. The number of morpholine rings is 1. The molecule has 0 bridgehead atoms. The second kappa shape index (κ2) is 9.89. The van der Waals surface area contributed by atoms with Crippen molar-refractivity contribution in [1.82, 2.24) is 25.3 Å². The van der Waals surface area contributed by atoms with Gasteiger partial charge in [0.05, 0.1) is 18.4 Å². The molecule has 26 heavy (non-hydrogen) atoms. The summed E-state index contributed by atoms with van der Waals surface area (Å²) in [7, 11) is 3.96. The molecule has 1 fully saturated rings. The van der Waals surface area contributed by atoms with Crippen molar-refractivity contribution in [2.45, 2.75) is 51.3 Å². The van der Waals surface area contributed by atoms with E-state index < -0.39 is 0 Å². The van der Waals surface area contributed by atoms with Crippen LogP contribution in [0.1, 0.15) is 37.6 Å². The van der Waals surface area contributed by atoms with E-state index in [0.29, 0.717) is 12.1 Å². The van der Waals surface area contributed by atoms with Gasteiger partial charge in [-0.3, -0.25) is 9.67 Å². The van der Waals surface area contributed by atoms with Gasteiger partial charge in [0.25, 0.3) is 0 Å². The normalized spacial score (nSPS) is 24.1. The Balaban J connectivity index is 0.00000243. The molecule has 2 heterocycles. The Hall–Kier alpha value is -0.870. The number of nitrogens with one attached hydrogen (secondary N) is 2. The third-order valence-electron chi connectivity index (χ3n) is 5.03. The first-order valence-corrected chi connectivity index (χ1v) is 9.39. The Morgan fingerprint density at radius 3 is 2.96 bits per heavy atom. The van der Waals surface area contributed by atoms with Gasteiger partial charge in [0.15, 0.2) is 5.96 Å². The van der Waals surface area contributed by atoms with Crippen LogP contribution in [0.3, 0.4) is 0 Å². The molecule has 0 saturated carbocycles. The maximum Gasteiger partial charge on any atom is 0.191 e. The van der Waals surface area contributed by atoms with Gasteiger partial charge in [0.2, 0.25) is 0 Å². The minimum atomic E-state index is 0. The highest BCUT2D eigenvalue weighted by molar-refractivity contribution is 14.0. The van der Waals surface area contributed by atoms with Crippen LogP contribution in [0.25, 0.3) is 0 Å². The molecule has 0 amide bonds. The topological polar surface area (TPSA) is 66.7 Å². The number of likely N-dealkylation sites (N-methyl/N-ethyl adjacent to an activating group) is 1. The third-order valence-corrected chi connectivity index (χ3v) is 5.03. The second-order valence-electron chi connectivity index (χ2n) is 7.47. The van der Waals surface area contributed by atoms with Gasteiger partial charge in [-0.15, -0.1) is 24.0 Å². The molecule has 2 atom stereocenters. The number of hydrogen-bond acceptors (Lipinski definition) is 4. The number of aryl methyl sites for hydroxylation is 1. The first kappa shape index (κ1) is 21.4. The van der Waals surface area contributed by atoms with E-state index in [9.17, 15) is 0 Å². The fourth-order valence-electron chi connectivity index (χ4n) is 3.49. The number of halogens is 1. The Morgan fingerprint density at radius 2 is 2.27 bits per heavy atom. The first-order valence-electron chi connectivity index (χ1n) is 9.39. The molecule has 8 heteroatoms. The average Bonchev–Trinajstić information content (AvgIpc) is 3.02. The summed E-state index contributed by atoms with van der Waals surface area (Å²) in [6, 6.07) is 0.796. The Labute approximate surface area is 174 Å². The molecule has 0 spiro atoms. The van der Waals surface area contributed by atoms with Crippen molar-refractivity contribution in [3.63, 3.8) is 0 Å². The molecule has 1 aromatic heterocycles. The monoisotopic (exact) mass is 476 g/mol. The van der Waals surface area contributed by atoms with Gasteiger partial charge in [-0.05, 0) is 39.3 Å². The number of hydrogen-bond donors (Lipinski definition) is 2. The quantitative estimate of drug-likeness (QED) is 0.391. The lowest BCUT2D eigenvalue weighted by Crippen LogP contribution is -2.50. The van der Waals surface area contributed by atoms with Gasteiger partial charge in [-0.25, -0.2) is 0 Å². The average molecular weight is 476 g/mol. The van der Waals surface area contributed by atoms with E-state index in [4.69, 9.17) is 9.84 Å². The smallest absolute Gasteiger partial charge is 0.191 e. The number of aromatic nitrogens is 2. The highest BCUT2D eigenvalue weighted by Crippen LogP contribution is 2.21. The highest BCUT2D eigenvalue weighted by Gasteiger charge is 2.23. The maximum absolute atomic E-state index is 5.81. The molecule has 7 nitrogen and oxygen atoms in total. The molecular weight excluding hydrogens is 443 g/mol. The zero-order valence-electron chi connectivity index (χ0n) is 16.4. The molecule has 1 aliphatic heterocycles. The lowest BCUT2D eigenvalue weighted by molar-refractivity contribution is -0.0161. The van der Waals surface area contributed by atoms with Crippen LogP contribution in [0, 0.1) is 0 Å². The minimum absolute atomic E-state index is 0. The van der Waals surface area contributed by atoms with Crippen molar-refractivity contribution >= 4 is 29.9 Å². The van der Waals surface area contributed by atoms with E-state index in [1.165, 1.54) is 11.3 Å². The van der Waals surface area contributed by atoms with Gasteiger partial charge in [0, 0.05) is 51.4 Å². The Bertz CT molecular complexity index is 603. The maximum atomic E-state index is 5.81. The van der Waals surface area contributed by atoms with E-state index in [-0.39, 0.29) is 30.1 Å². The summed E-state index contributed by atoms with van der Waals surface area (Å²) in [6.07, 6.45) is 5.57. The van der Waals surface area contributed by atoms with E-state index in [1.54, 1.807) is 0 Å². The number of rotatable bonds is 4. The lowest BCUT2D eigenvalue weighted by Gasteiger charge is -2.31. The molecule has 2 aliphatic rings. The fraction of sp³-hybridized carbons (Fsp3) is 0.778. The zero-order valence-corrected chi connectivity index (χ0v) is 18.7. The van der Waals surface area contributed by atoms with Crippen molar-refractivity contribution in [2.75, 3.05) is 40.3 Å². The van der Waals surface area contributed by atoms with Crippen molar-refractivity contribution in [3.8, 4) is 0 Å². The van der Waals surface area contributed by atoms with Crippen LogP contribution in [-0.4, -0.2) is 73.1 Å². The van der Waals surface area contributed by atoms with E-state index in [1.807, 2.05) is 7.05 Å². The number of nitrogens with zero attached hydrogens (tertiary/aromatic N) is 4. The molecule has 1 aromatic rings. The summed E-state index contributed by atoms with van der Waals surface area (Å²) in [4.78, 5) is 6.68. The van der Waals surface area contributed by atoms with Crippen molar-refractivity contribution in [1.29, 1.82) is 0 Å². The first-order chi connectivity index (χ1) is 12.0. The summed E-state index contributed by atoms with van der Waals surface area (Å²) in [5.74, 6) is 0.855. The van der Waals surface area contributed by atoms with E-state index in [0.717, 1.165) is 51.5 Å². The SMILES string of the molecule is CN=C(NCC1CN(C)CCO1)NC1CCc2cn(C(C)C)nc2C1.I. The molecule has 2 unspecified atom stereocenters. The largest absolute Gasteiger partial charge is 0.374 e. The van der Waals surface area contributed by atoms with Crippen LogP contribution in [0.15, 0.2) is 11.2 Å². The fourth-order valence-corrected chi connectivity index (χ4v) is 3.49. The molecule has 1 saturated heterocycles. The van der Waals surface area contributed by atoms with Crippen LogP contribution in [0.2, 0.25) is 0 Å². The summed E-state index contributed by atoms with van der Waals surface area (Å²) in [5.41, 5.74) is 2.62. The third kappa shape index (κ3) is 5.56. The van der Waals surface area contributed by atoms with Gasteiger partial charge in [0.1, 0.15) is 0 Å². The minimum Gasteiger partial charge on any atom is -0.374 e. The second-order valence-corrected chi connectivity index (χ2v) is 7.47. The Morgan fingerprint density at radius 1 is 1.46 bits per heavy atom. The van der Waals surface area contributed by atoms with Crippen LogP contribution < -0.4 is 10.6 Å². The Kier molecular flexibility index (Phi) is 8.15. The van der Waals surface area contributed by atoms with Crippen LogP contribution >= 0.6 is 24.0 Å². The number of aliphatic imine (C=N–C) groups is 1. The summed E-state index contributed by atoms with van der Waals surface area (Å²) >= 11 is 0. The van der Waals surface area contributed by atoms with E-state index in [2.05, 4.69) is 52.3 Å². The number of guanidine groups is 1. The number of ether oxygens (including phenoxy) is 1. The molecule has 1 aliphatic carbocycles. The molecule has 3 rings (SSSR count). The zero-order chi connectivity index (χ0) is 17.8. The molecular formula is C18H33IN6O. The van der Waals surface area contributed by atoms with Crippen LogP contribution in [0.5, 0.6) is 0 Å². The summed E-state index contributed by atoms with van der Waals surface area (Å²) < 4.78 is 7.89. The molecule has 0 aromatic carbocycles. The van der Waals surface area contributed by atoms with Gasteiger partial charge in [-0.2, -0.15) is 5.10 Å². The molecule has 0 radical (unpaired) electrons. The van der Waals surface area contributed by atoms with Crippen molar-refractivity contribution in [2.24, 2.45) is 4.99 Å². The van der Waals surface area contributed by atoms with E-state index >= 15 is 0 Å². The number of fused-ring (bicyclic) bond motifs is 1. The summed E-state index contributed by atoms with van der Waals surface area (Å²) in [6.45, 7) is 7.90.